The molecule has 1 heteroatoms. The van der Waals surface area contributed by atoms with Gasteiger partial charge in [0.05, 0.1) is 0 Å². The smallest absolute Gasteiger partial charge is 0.00462 e. The molecule has 1 heterocycles. The van der Waals surface area contributed by atoms with Crippen LogP contribution >= 0.6 is 0 Å². The molecule has 1 fully saturated rings. The van der Waals surface area contributed by atoms with Crippen molar-refractivity contribution < 1.29 is 0 Å². The predicted molar refractivity (Wildman–Crippen MR) is 56.4 cm³/mol. The van der Waals surface area contributed by atoms with Crippen molar-refractivity contribution in [1.29, 1.82) is 0 Å². The summed E-state index contributed by atoms with van der Waals surface area (Å²) >= 11 is 0. The number of hydrogen-bond donors (Lipinski definition) is 1. The normalized spacial score (nSPS) is 18.8. The Bertz CT molecular complexity index is 83.0. The van der Waals surface area contributed by atoms with Crippen LogP contribution in [0.3, 0.4) is 0 Å². The van der Waals surface area contributed by atoms with Crippen molar-refractivity contribution in [3.8, 4) is 0 Å². The highest BCUT2D eigenvalue weighted by molar-refractivity contribution is 4.70. The van der Waals surface area contributed by atoms with Gasteiger partial charge in [-0.3, -0.25) is 0 Å². The van der Waals surface area contributed by atoms with E-state index in [4.69, 9.17) is 0 Å². The Morgan fingerprint density at radius 1 is 1.17 bits per heavy atom. The van der Waals surface area contributed by atoms with Crippen LogP contribution in [0.25, 0.3) is 0 Å². The highest BCUT2D eigenvalue weighted by atomic mass is 14.9. The lowest BCUT2D eigenvalue weighted by Crippen LogP contribution is -2.29. The summed E-state index contributed by atoms with van der Waals surface area (Å²) in [5.74, 6) is 1.89. The quantitative estimate of drug-likeness (QED) is 0.639. The first kappa shape index (κ1) is 12.0. The van der Waals surface area contributed by atoms with Crippen molar-refractivity contribution in [3.63, 3.8) is 0 Å². The van der Waals surface area contributed by atoms with Gasteiger partial charge in [-0.05, 0) is 37.8 Å². The maximum Gasteiger partial charge on any atom is -0.00462 e. The third-order valence-corrected chi connectivity index (χ3v) is 2.33. The molecule has 0 aromatic heterocycles. The van der Waals surface area contributed by atoms with E-state index in [1.54, 1.807) is 0 Å². The van der Waals surface area contributed by atoms with Crippen molar-refractivity contribution in [2.75, 3.05) is 13.1 Å². The summed E-state index contributed by atoms with van der Waals surface area (Å²) in [6.45, 7) is 11.4. The molecule has 0 aromatic rings. The summed E-state index contributed by atoms with van der Waals surface area (Å²) in [6, 6.07) is 0. The first-order valence-electron chi connectivity index (χ1n) is 5.43. The van der Waals surface area contributed by atoms with Crippen LogP contribution in [0.4, 0.5) is 0 Å². The minimum atomic E-state index is 0.895. The molecule has 0 unspecified atom stereocenters. The van der Waals surface area contributed by atoms with Crippen LogP contribution in [0.5, 0.6) is 0 Å². The highest BCUT2D eigenvalue weighted by Gasteiger charge is 2.15. The number of nitrogens with one attached hydrogen (secondary N) is 1. The van der Waals surface area contributed by atoms with Gasteiger partial charge in [0.1, 0.15) is 0 Å². The second-order valence-electron chi connectivity index (χ2n) is 4.04. The van der Waals surface area contributed by atoms with Gasteiger partial charge in [0, 0.05) is 0 Å². The van der Waals surface area contributed by atoms with Gasteiger partial charge in [0.25, 0.3) is 0 Å². The van der Waals surface area contributed by atoms with Crippen LogP contribution in [-0.4, -0.2) is 13.1 Å². The van der Waals surface area contributed by atoms with Gasteiger partial charge in [-0.15, -0.1) is 0 Å². The monoisotopic (exact) mass is 171 g/mol. The molecule has 0 bridgehead atoms. The highest BCUT2D eigenvalue weighted by Crippen LogP contribution is 2.20. The first-order valence-corrected chi connectivity index (χ1v) is 5.43. The summed E-state index contributed by atoms with van der Waals surface area (Å²) in [7, 11) is 0. The molecule has 12 heavy (non-hydrogen) atoms. The molecule has 0 aliphatic carbocycles. The van der Waals surface area contributed by atoms with E-state index in [2.05, 4.69) is 33.0 Å². The van der Waals surface area contributed by atoms with Crippen molar-refractivity contribution >= 4 is 0 Å². The standard InChI is InChI=1S/C8H17N.C3H8/c1-7(2)8-3-5-9-6-4-8;1-3-2/h7-9H,3-6H2,1-2H3;3H2,1-2H3. The lowest BCUT2D eigenvalue weighted by molar-refractivity contribution is 0.292. The SMILES string of the molecule is CC(C)C1CCNCC1.CCC. The Kier molecular flexibility index (Phi) is 7.58. The summed E-state index contributed by atoms with van der Waals surface area (Å²) < 4.78 is 0. The molecule has 1 aliphatic rings. The number of rotatable bonds is 1. The average Bonchev–Trinajstić information content (AvgIpc) is 2.07. The number of piperidine rings is 1. The van der Waals surface area contributed by atoms with E-state index in [0.717, 1.165) is 11.8 Å². The molecule has 0 amide bonds. The van der Waals surface area contributed by atoms with Crippen LogP contribution in [0.2, 0.25) is 0 Å². The zero-order valence-corrected chi connectivity index (χ0v) is 9.19. The molecule has 0 saturated carbocycles. The zero-order valence-electron chi connectivity index (χ0n) is 9.19. The van der Waals surface area contributed by atoms with Gasteiger partial charge >= 0.3 is 0 Å². The van der Waals surface area contributed by atoms with Gasteiger partial charge in [-0.1, -0.05) is 34.1 Å². The average molecular weight is 171 g/mol. The lowest BCUT2D eigenvalue weighted by Gasteiger charge is -2.25. The van der Waals surface area contributed by atoms with E-state index in [9.17, 15) is 0 Å². The minimum Gasteiger partial charge on any atom is -0.317 e. The fourth-order valence-corrected chi connectivity index (χ4v) is 1.51. The third kappa shape index (κ3) is 5.59. The van der Waals surface area contributed by atoms with E-state index < -0.39 is 0 Å². The Hall–Kier alpha value is -0.0400. The lowest BCUT2D eigenvalue weighted by atomic mass is 9.87. The zero-order chi connectivity index (χ0) is 9.40. The third-order valence-electron chi connectivity index (χ3n) is 2.33. The maximum atomic E-state index is 3.37. The molecule has 1 rings (SSSR count). The molecule has 0 spiro atoms. The molecule has 1 N–H and O–H groups in total. The van der Waals surface area contributed by atoms with Gasteiger partial charge in [-0.2, -0.15) is 0 Å². The molecule has 1 nitrogen and oxygen atoms in total. The maximum absolute atomic E-state index is 3.37. The van der Waals surface area contributed by atoms with Gasteiger partial charge in [0.2, 0.25) is 0 Å². The van der Waals surface area contributed by atoms with Gasteiger partial charge in [-0.25, -0.2) is 0 Å². The largest absolute Gasteiger partial charge is 0.317 e. The summed E-state index contributed by atoms with van der Waals surface area (Å²) in [5, 5.41) is 3.37. The number of hydrogen-bond acceptors (Lipinski definition) is 1. The summed E-state index contributed by atoms with van der Waals surface area (Å²) in [5.41, 5.74) is 0. The molecule has 1 saturated heterocycles. The van der Waals surface area contributed by atoms with E-state index in [0.29, 0.717) is 0 Å². The fraction of sp³-hybridized carbons (Fsp3) is 1.00. The van der Waals surface area contributed by atoms with Gasteiger partial charge < -0.3 is 5.32 Å². The van der Waals surface area contributed by atoms with E-state index in [1.807, 2.05) is 0 Å². The van der Waals surface area contributed by atoms with Crippen LogP contribution in [-0.2, 0) is 0 Å². The van der Waals surface area contributed by atoms with Crippen molar-refractivity contribution in [2.24, 2.45) is 11.8 Å². The van der Waals surface area contributed by atoms with E-state index in [-0.39, 0.29) is 0 Å². The van der Waals surface area contributed by atoms with Crippen LogP contribution in [0.1, 0.15) is 47.0 Å². The summed E-state index contributed by atoms with van der Waals surface area (Å²) in [6.07, 6.45) is 4.02. The van der Waals surface area contributed by atoms with Crippen LogP contribution in [0.15, 0.2) is 0 Å². The molecule has 0 atom stereocenters. The molecular weight excluding hydrogens is 146 g/mol. The van der Waals surface area contributed by atoms with E-state index >= 15 is 0 Å². The topological polar surface area (TPSA) is 12.0 Å². The minimum absolute atomic E-state index is 0.895. The molecular formula is C11H25N. The van der Waals surface area contributed by atoms with E-state index in [1.165, 1.54) is 32.4 Å². The Balaban J connectivity index is 0.000000354. The van der Waals surface area contributed by atoms with Crippen LogP contribution < -0.4 is 5.32 Å². The predicted octanol–water partition coefficient (Wildman–Crippen LogP) is 3.06. The second kappa shape index (κ2) is 7.60. The first-order chi connectivity index (χ1) is 5.72. The van der Waals surface area contributed by atoms with Crippen molar-refractivity contribution in [2.45, 2.75) is 47.0 Å². The Morgan fingerprint density at radius 2 is 1.58 bits per heavy atom. The second-order valence-corrected chi connectivity index (χ2v) is 4.04. The van der Waals surface area contributed by atoms with Gasteiger partial charge in [0.15, 0.2) is 0 Å². The van der Waals surface area contributed by atoms with Crippen LogP contribution in [0, 0.1) is 11.8 Å². The Labute approximate surface area is 77.9 Å². The summed E-state index contributed by atoms with van der Waals surface area (Å²) in [4.78, 5) is 0. The fourth-order valence-electron chi connectivity index (χ4n) is 1.51. The molecule has 1 aliphatic heterocycles. The van der Waals surface area contributed by atoms with Crippen molar-refractivity contribution in [3.05, 3.63) is 0 Å². The molecule has 74 valence electrons. The van der Waals surface area contributed by atoms with Crippen molar-refractivity contribution in [1.82, 2.24) is 5.32 Å². The molecule has 0 aromatic carbocycles. The molecule has 0 radical (unpaired) electrons. The Morgan fingerprint density at radius 3 is 1.83 bits per heavy atom.